The van der Waals surface area contributed by atoms with Crippen LogP contribution in [0.4, 0.5) is 0 Å². The standard InChI is InChI=1S/C25H28O4/c26-23-9-20(21-7-18-2-1-3-19(18)8-22(21)29-23)14-28-24(27)13-25-10-15-4-16(11-25)6-17(5-15)12-25/h7-9,15-17H,1-6,10-14H2. The first kappa shape index (κ1) is 17.7. The van der Waals surface area contributed by atoms with E-state index in [-0.39, 0.29) is 23.6 Å². The molecule has 0 unspecified atom stereocenters. The Morgan fingerprint density at radius 1 is 1.00 bits per heavy atom. The van der Waals surface area contributed by atoms with E-state index in [1.807, 2.05) is 6.07 Å². The molecule has 4 nitrogen and oxygen atoms in total. The molecule has 5 aliphatic carbocycles. The Hall–Kier alpha value is -2.10. The van der Waals surface area contributed by atoms with Gasteiger partial charge >= 0.3 is 11.6 Å². The lowest BCUT2D eigenvalue weighted by atomic mass is 9.49. The maximum atomic E-state index is 12.8. The molecule has 4 bridgehead atoms. The molecule has 1 heterocycles. The van der Waals surface area contributed by atoms with E-state index < -0.39 is 0 Å². The highest BCUT2D eigenvalue weighted by atomic mass is 16.5. The molecule has 4 fully saturated rings. The van der Waals surface area contributed by atoms with E-state index in [2.05, 4.69) is 6.07 Å². The zero-order valence-corrected chi connectivity index (χ0v) is 16.9. The molecule has 0 atom stereocenters. The number of aryl methyl sites for hydroxylation is 2. The van der Waals surface area contributed by atoms with Crippen LogP contribution in [0.3, 0.4) is 0 Å². The zero-order valence-electron chi connectivity index (χ0n) is 16.9. The monoisotopic (exact) mass is 392 g/mol. The Bertz CT molecular complexity index is 1010. The van der Waals surface area contributed by atoms with Gasteiger partial charge in [-0.05, 0) is 104 Å². The molecular weight excluding hydrogens is 364 g/mol. The van der Waals surface area contributed by atoms with Gasteiger partial charge in [-0.3, -0.25) is 4.79 Å². The second-order valence-electron chi connectivity index (χ2n) is 10.3. The van der Waals surface area contributed by atoms with Crippen LogP contribution in [-0.2, 0) is 29.0 Å². The molecule has 29 heavy (non-hydrogen) atoms. The van der Waals surface area contributed by atoms with E-state index in [4.69, 9.17) is 9.15 Å². The summed E-state index contributed by atoms with van der Waals surface area (Å²) in [7, 11) is 0. The molecule has 0 amide bonds. The first-order chi connectivity index (χ1) is 14.1. The fraction of sp³-hybridized carbons (Fsp3) is 0.600. The average Bonchev–Trinajstić information content (AvgIpc) is 3.10. The summed E-state index contributed by atoms with van der Waals surface area (Å²) in [5, 5.41) is 0.910. The number of esters is 1. The summed E-state index contributed by atoms with van der Waals surface area (Å²) in [6, 6.07) is 5.62. The minimum atomic E-state index is -0.373. The number of hydrogen-bond donors (Lipinski definition) is 0. The molecule has 0 aliphatic heterocycles. The number of fused-ring (bicyclic) bond motifs is 2. The highest BCUT2D eigenvalue weighted by molar-refractivity contribution is 5.82. The molecule has 5 aliphatic rings. The maximum Gasteiger partial charge on any atom is 0.336 e. The molecule has 0 spiro atoms. The fourth-order valence-corrected chi connectivity index (χ4v) is 7.44. The van der Waals surface area contributed by atoms with Gasteiger partial charge in [0, 0.05) is 17.0 Å². The number of carbonyl (C=O) groups excluding carboxylic acids is 1. The fourth-order valence-electron chi connectivity index (χ4n) is 7.44. The van der Waals surface area contributed by atoms with Crippen molar-refractivity contribution in [3.63, 3.8) is 0 Å². The van der Waals surface area contributed by atoms with Crippen molar-refractivity contribution in [1.82, 2.24) is 0 Å². The van der Waals surface area contributed by atoms with Crippen molar-refractivity contribution < 1.29 is 13.9 Å². The molecular formula is C25H28O4. The Balaban J connectivity index is 1.20. The molecule has 152 valence electrons. The molecule has 1 aromatic heterocycles. The van der Waals surface area contributed by atoms with Crippen LogP contribution in [-0.4, -0.2) is 5.97 Å². The van der Waals surface area contributed by atoms with E-state index in [1.165, 1.54) is 55.7 Å². The van der Waals surface area contributed by atoms with Crippen molar-refractivity contribution in [2.75, 3.05) is 0 Å². The molecule has 4 heteroatoms. The predicted molar refractivity (Wildman–Crippen MR) is 110 cm³/mol. The Labute approximate surface area is 170 Å². The summed E-state index contributed by atoms with van der Waals surface area (Å²) < 4.78 is 11.2. The largest absolute Gasteiger partial charge is 0.461 e. The Morgan fingerprint density at radius 3 is 2.34 bits per heavy atom. The van der Waals surface area contributed by atoms with Crippen LogP contribution in [0.25, 0.3) is 11.0 Å². The summed E-state index contributed by atoms with van der Waals surface area (Å²) in [5.41, 5.74) is 3.80. The minimum absolute atomic E-state index is 0.102. The molecule has 0 radical (unpaired) electrons. The van der Waals surface area contributed by atoms with Gasteiger partial charge in [0.1, 0.15) is 12.2 Å². The smallest absolute Gasteiger partial charge is 0.336 e. The van der Waals surface area contributed by atoms with Gasteiger partial charge in [0.15, 0.2) is 0 Å². The zero-order chi connectivity index (χ0) is 19.6. The van der Waals surface area contributed by atoms with Crippen LogP contribution in [0.1, 0.15) is 68.1 Å². The van der Waals surface area contributed by atoms with Crippen molar-refractivity contribution in [1.29, 1.82) is 0 Å². The highest BCUT2D eigenvalue weighted by Gasteiger charge is 2.51. The van der Waals surface area contributed by atoms with Gasteiger partial charge in [-0.25, -0.2) is 4.79 Å². The lowest BCUT2D eigenvalue weighted by molar-refractivity contribution is -0.153. The van der Waals surface area contributed by atoms with Crippen LogP contribution in [0.2, 0.25) is 0 Å². The third-order valence-electron chi connectivity index (χ3n) is 8.12. The van der Waals surface area contributed by atoms with Gasteiger partial charge in [-0.15, -0.1) is 0 Å². The third-order valence-corrected chi connectivity index (χ3v) is 8.12. The highest BCUT2D eigenvalue weighted by Crippen LogP contribution is 2.61. The van der Waals surface area contributed by atoms with E-state index in [0.717, 1.165) is 48.0 Å². The first-order valence-corrected chi connectivity index (χ1v) is 11.3. The molecule has 0 N–H and O–H groups in total. The topological polar surface area (TPSA) is 56.5 Å². The summed E-state index contributed by atoms with van der Waals surface area (Å²) in [5.74, 6) is 2.39. The quantitative estimate of drug-likeness (QED) is 0.547. The molecule has 7 rings (SSSR count). The van der Waals surface area contributed by atoms with Crippen LogP contribution in [0.15, 0.2) is 27.4 Å². The maximum absolute atomic E-state index is 12.8. The average molecular weight is 392 g/mol. The number of hydrogen-bond acceptors (Lipinski definition) is 4. The van der Waals surface area contributed by atoms with Crippen molar-refractivity contribution >= 4 is 16.9 Å². The summed E-state index contributed by atoms with van der Waals surface area (Å²) in [6.07, 6.45) is 11.6. The number of ether oxygens (including phenoxy) is 1. The van der Waals surface area contributed by atoms with E-state index >= 15 is 0 Å². The van der Waals surface area contributed by atoms with Crippen molar-refractivity contribution in [2.45, 2.75) is 70.8 Å². The molecule has 1 aromatic carbocycles. The van der Waals surface area contributed by atoms with E-state index in [9.17, 15) is 9.59 Å². The SMILES string of the molecule is O=C(CC12CC3CC(CC(C3)C1)C2)OCc1cc(=O)oc2cc3c(cc12)CCC3. The van der Waals surface area contributed by atoms with Crippen molar-refractivity contribution in [2.24, 2.45) is 23.2 Å². The number of benzene rings is 1. The van der Waals surface area contributed by atoms with E-state index in [1.54, 1.807) is 0 Å². The van der Waals surface area contributed by atoms with Crippen molar-refractivity contribution in [3.8, 4) is 0 Å². The molecule has 4 saturated carbocycles. The first-order valence-electron chi connectivity index (χ1n) is 11.3. The number of rotatable bonds is 4. The Kier molecular flexibility index (Phi) is 3.94. The lowest BCUT2D eigenvalue weighted by Gasteiger charge is -2.56. The van der Waals surface area contributed by atoms with Gasteiger partial charge in [-0.1, -0.05) is 0 Å². The van der Waals surface area contributed by atoms with Crippen LogP contribution >= 0.6 is 0 Å². The van der Waals surface area contributed by atoms with Gasteiger partial charge in [0.2, 0.25) is 0 Å². The summed E-state index contributed by atoms with van der Waals surface area (Å²) in [6.45, 7) is 0.159. The van der Waals surface area contributed by atoms with Gasteiger partial charge in [-0.2, -0.15) is 0 Å². The number of carbonyl (C=O) groups is 1. The second-order valence-corrected chi connectivity index (χ2v) is 10.3. The van der Waals surface area contributed by atoms with Crippen LogP contribution in [0.5, 0.6) is 0 Å². The van der Waals surface area contributed by atoms with Gasteiger partial charge in [0.05, 0.1) is 6.42 Å². The Morgan fingerprint density at radius 2 is 1.66 bits per heavy atom. The van der Waals surface area contributed by atoms with Crippen molar-refractivity contribution in [3.05, 3.63) is 45.3 Å². The van der Waals surface area contributed by atoms with Gasteiger partial charge in [0.25, 0.3) is 0 Å². The van der Waals surface area contributed by atoms with Crippen LogP contribution in [0, 0.1) is 23.2 Å². The lowest BCUT2D eigenvalue weighted by Crippen LogP contribution is -2.47. The minimum Gasteiger partial charge on any atom is -0.461 e. The second kappa shape index (κ2) is 6.45. The third kappa shape index (κ3) is 3.12. The molecule has 0 saturated heterocycles. The van der Waals surface area contributed by atoms with Gasteiger partial charge < -0.3 is 9.15 Å². The molecule has 2 aromatic rings. The predicted octanol–water partition coefficient (Wildman–Crippen LogP) is 4.93. The van der Waals surface area contributed by atoms with Crippen LogP contribution < -0.4 is 5.63 Å². The normalized spacial score (nSPS) is 31.9. The summed E-state index contributed by atoms with van der Waals surface area (Å²) in [4.78, 5) is 24.8. The summed E-state index contributed by atoms with van der Waals surface area (Å²) >= 11 is 0. The van der Waals surface area contributed by atoms with E-state index in [0.29, 0.717) is 12.0 Å².